The zero-order valence-corrected chi connectivity index (χ0v) is 9.74. The lowest BCUT2D eigenvalue weighted by Gasteiger charge is -2.23. The molecule has 96 valence electrons. The van der Waals surface area contributed by atoms with E-state index in [2.05, 4.69) is 10.3 Å². The lowest BCUT2D eigenvalue weighted by atomic mass is 10.3. The number of anilines is 2. The average molecular weight is 245 g/mol. The summed E-state index contributed by atoms with van der Waals surface area (Å²) >= 11 is 0. The molecule has 0 aromatic carbocycles. The highest BCUT2D eigenvalue weighted by Gasteiger charge is 2.13. The summed E-state index contributed by atoms with van der Waals surface area (Å²) in [5.41, 5.74) is 1.36. The third-order valence-corrected chi connectivity index (χ3v) is 2.20. The number of nitrogens with one attached hydrogen (secondary N) is 1. The minimum absolute atomic E-state index is 0.168. The van der Waals surface area contributed by atoms with E-state index in [-0.39, 0.29) is 13.2 Å². The third kappa shape index (κ3) is 4.52. The van der Waals surface area contributed by atoms with E-state index in [9.17, 15) is 8.78 Å². The first-order valence-electron chi connectivity index (χ1n) is 5.50. The Morgan fingerprint density at radius 2 is 2.24 bits per heavy atom. The van der Waals surface area contributed by atoms with Gasteiger partial charge in [0.25, 0.3) is 6.43 Å². The number of aliphatic hydroxyl groups is 1. The Morgan fingerprint density at radius 1 is 1.47 bits per heavy atom. The lowest BCUT2D eigenvalue weighted by molar-refractivity contribution is 0.153. The Bertz CT molecular complexity index is 336. The molecule has 0 unspecified atom stereocenters. The third-order valence-electron chi connectivity index (χ3n) is 2.20. The fourth-order valence-corrected chi connectivity index (χ4v) is 1.51. The zero-order chi connectivity index (χ0) is 12.7. The van der Waals surface area contributed by atoms with Gasteiger partial charge in [-0.05, 0) is 13.0 Å². The molecule has 0 aliphatic rings. The molecule has 0 spiro atoms. The van der Waals surface area contributed by atoms with Crippen molar-refractivity contribution in [2.75, 3.05) is 36.5 Å². The van der Waals surface area contributed by atoms with Crippen LogP contribution in [-0.4, -0.2) is 42.8 Å². The number of aliphatic hydroxyl groups excluding tert-OH is 1. The SMILES string of the molecule is CCNc1cncc(N(CCO)CC(F)F)c1. The summed E-state index contributed by atoms with van der Waals surface area (Å²) in [6, 6.07) is 1.74. The van der Waals surface area contributed by atoms with Gasteiger partial charge in [-0.3, -0.25) is 4.98 Å². The van der Waals surface area contributed by atoms with E-state index in [1.165, 1.54) is 11.1 Å². The van der Waals surface area contributed by atoms with Gasteiger partial charge in [-0.2, -0.15) is 0 Å². The Hall–Kier alpha value is -1.43. The van der Waals surface area contributed by atoms with Crippen molar-refractivity contribution in [3.8, 4) is 0 Å². The Morgan fingerprint density at radius 3 is 2.82 bits per heavy atom. The van der Waals surface area contributed by atoms with Crippen LogP contribution >= 0.6 is 0 Å². The monoisotopic (exact) mass is 245 g/mol. The topological polar surface area (TPSA) is 48.4 Å². The Balaban J connectivity index is 2.81. The van der Waals surface area contributed by atoms with Crippen molar-refractivity contribution < 1.29 is 13.9 Å². The summed E-state index contributed by atoms with van der Waals surface area (Å²) in [4.78, 5) is 5.40. The summed E-state index contributed by atoms with van der Waals surface area (Å²) in [6.45, 7) is 2.27. The van der Waals surface area contributed by atoms with Gasteiger partial charge in [0, 0.05) is 13.1 Å². The van der Waals surface area contributed by atoms with Crippen LogP contribution in [0.25, 0.3) is 0 Å². The van der Waals surface area contributed by atoms with Crippen LogP contribution in [0.4, 0.5) is 20.2 Å². The van der Waals surface area contributed by atoms with Gasteiger partial charge in [-0.1, -0.05) is 0 Å². The molecule has 0 bridgehead atoms. The van der Waals surface area contributed by atoms with Crippen molar-refractivity contribution in [3.05, 3.63) is 18.5 Å². The molecule has 17 heavy (non-hydrogen) atoms. The molecule has 0 radical (unpaired) electrons. The molecule has 2 N–H and O–H groups in total. The van der Waals surface area contributed by atoms with Crippen LogP contribution in [0.5, 0.6) is 0 Å². The second-order valence-corrected chi connectivity index (χ2v) is 3.52. The minimum atomic E-state index is -2.44. The quantitative estimate of drug-likeness (QED) is 0.765. The molecule has 1 aromatic rings. The molecule has 1 rings (SSSR count). The van der Waals surface area contributed by atoms with Gasteiger partial charge in [0.1, 0.15) is 0 Å². The van der Waals surface area contributed by atoms with E-state index >= 15 is 0 Å². The van der Waals surface area contributed by atoms with Gasteiger partial charge in [-0.15, -0.1) is 0 Å². The molecule has 1 heterocycles. The zero-order valence-electron chi connectivity index (χ0n) is 9.74. The summed E-state index contributed by atoms with van der Waals surface area (Å²) in [5, 5.41) is 11.9. The molecule has 0 aliphatic heterocycles. The molecular weight excluding hydrogens is 228 g/mol. The van der Waals surface area contributed by atoms with Crippen molar-refractivity contribution in [1.29, 1.82) is 0 Å². The van der Waals surface area contributed by atoms with Crippen molar-refractivity contribution in [2.45, 2.75) is 13.3 Å². The Kier molecular flexibility index (Phi) is 5.62. The second-order valence-electron chi connectivity index (χ2n) is 3.52. The van der Waals surface area contributed by atoms with Crippen molar-refractivity contribution in [2.24, 2.45) is 0 Å². The van der Waals surface area contributed by atoms with Crippen LogP contribution in [-0.2, 0) is 0 Å². The van der Waals surface area contributed by atoms with E-state index in [1.807, 2.05) is 6.92 Å². The largest absolute Gasteiger partial charge is 0.395 e. The van der Waals surface area contributed by atoms with Gasteiger partial charge < -0.3 is 15.3 Å². The lowest BCUT2D eigenvalue weighted by Crippen LogP contribution is -2.31. The van der Waals surface area contributed by atoms with Gasteiger partial charge in [0.15, 0.2) is 0 Å². The maximum Gasteiger partial charge on any atom is 0.255 e. The molecule has 0 saturated carbocycles. The molecule has 0 saturated heterocycles. The van der Waals surface area contributed by atoms with Crippen LogP contribution in [0.2, 0.25) is 0 Å². The van der Waals surface area contributed by atoms with Crippen molar-refractivity contribution in [3.63, 3.8) is 0 Å². The Labute approximate surface area is 99.3 Å². The van der Waals surface area contributed by atoms with E-state index in [1.54, 1.807) is 12.3 Å². The molecule has 0 atom stereocenters. The van der Waals surface area contributed by atoms with Gasteiger partial charge in [0.05, 0.1) is 36.9 Å². The van der Waals surface area contributed by atoms with Crippen molar-refractivity contribution in [1.82, 2.24) is 4.98 Å². The van der Waals surface area contributed by atoms with Crippen LogP contribution in [0.1, 0.15) is 6.92 Å². The number of halogens is 2. The van der Waals surface area contributed by atoms with Gasteiger partial charge in [-0.25, -0.2) is 8.78 Å². The number of aromatic nitrogens is 1. The molecule has 6 heteroatoms. The maximum absolute atomic E-state index is 12.4. The summed E-state index contributed by atoms with van der Waals surface area (Å²) in [5.74, 6) is 0. The fourth-order valence-electron chi connectivity index (χ4n) is 1.51. The number of hydrogen-bond acceptors (Lipinski definition) is 4. The van der Waals surface area contributed by atoms with E-state index in [0.29, 0.717) is 5.69 Å². The fraction of sp³-hybridized carbons (Fsp3) is 0.545. The first-order valence-corrected chi connectivity index (χ1v) is 5.50. The molecule has 0 fully saturated rings. The second kappa shape index (κ2) is 7.01. The number of nitrogens with zero attached hydrogens (tertiary/aromatic N) is 2. The molecule has 0 aliphatic carbocycles. The number of pyridine rings is 1. The smallest absolute Gasteiger partial charge is 0.255 e. The normalized spacial score (nSPS) is 10.6. The summed E-state index contributed by atoms with van der Waals surface area (Å²) < 4.78 is 24.8. The molecule has 1 aromatic heterocycles. The summed E-state index contributed by atoms with van der Waals surface area (Å²) in [6.07, 6.45) is 0.704. The van der Waals surface area contributed by atoms with Crippen LogP contribution in [0, 0.1) is 0 Å². The average Bonchev–Trinajstić information content (AvgIpc) is 2.29. The van der Waals surface area contributed by atoms with Crippen molar-refractivity contribution >= 4 is 11.4 Å². The van der Waals surface area contributed by atoms with E-state index < -0.39 is 13.0 Å². The van der Waals surface area contributed by atoms with E-state index in [0.717, 1.165) is 12.2 Å². The predicted octanol–water partition coefficient (Wildman–Crippen LogP) is 1.58. The van der Waals surface area contributed by atoms with Gasteiger partial charge in [0.2, 0.25) is 0 Å². The maximum atomic E-state index is 12.4. The van der Waals surface area contributed by atoms with E-state index in [4.69, 9.17) is 5.11 Å². The minimum Gasteiger partial charge on any atom is -0.395 e. The molecular formula is C11H17F2N3O. The first kappa shape index (κ1) is 13.6. The van der Waals surface area contributed by atoms with Crippen LogP contribution in [0.3, 0.4) is 0 Å². The van der Waals surface area contributed by atoms with Gasteiger partial charge >= 0.3 is 0 Å². The highest BCUT2D eigenvalue weighted by Crippen LogP contribution is 2.18. The van der Waals surface area contributed by atoms with Crippen LogP contribution < -0.4 is 10.2 Å². The number of rotatable bonds is 7. The molecule has 4 nitrogen and oxygen atoms in total. The summed E-state index contributed by atoms with van der Waals surface area (Å²) in [7, 11) is 0. The number of hydrogen-bond donors (Lipinski definition) is 2. The number of alkyl halides is 2. The highest BCUT2D eigenvalue weighted by molar-refractivity contribution is 5.55. The molecule has 0 amide bonds. The standard InChI is InChI=1S/C11H17F2N3O/c1-2-15-9-5-10(7-14-6-9)16(3-4-17)8-11(12)13/h5-7,11,15,17H,2-4,8H2,1H3. The highest BCUT2D eigenvalue weighted by atomic mass is 19.3. The predicted molar refractivity (Wildman–Crippen MR) is 63.7 cm³/mol. The first-order chi connectivity index (χ1) is 8.17. The van der Waals surface area contributed by atoms with Crippen LogP contribution in [0.15, 0.2) is 18.5 Å².